The number of hydrogen-bond acceptors (Lipinski definition) is 2. The van der Waals surface area contributed by atoms with Gasteiger partial charge in [-0.15, -0.1) is 0 Å². The molecule has 5 heteroatoms. The maximum Gasteiger partial charge on any atom is 0.300 e. The van der Waals surface area contributed by atoms with Crippen molar-refractivity contribution in [1.29, 1.82) is 0 Å². The van der Waals surface area contributed by atoms with Gasteiger partial charge < -0.3 is 10.6 Å². The lowest BCUT2D eigenvalue weighted by atomic mass is 10.9. The zero-order valence-electron chi connectivity index (χ0n) is 5.67. The van der Waals surface area contributed by atoms with Gasteiger partial charge in [-0.05, 0) is 0 Å². The fourth-order valence-corrected chi connectivity index (χ4v) is 0. The maximum atomic E-state index is 9.56. The van der Waals surface area contributed by atoms with Crippen molar-refractivity contribution in [3.8, 4) is 0 Å². The van der Waals surface area contributed by atoms with Gasteiger partial charge in [0.1, 0.15) is 0 Å². The molecule has 58 valence electrons. The first-order valence-electron chi connectivity index (χ1n) is 1.91. The number of carboxylic acids is 1. The molecule has 3 N–H and O–H groups in total. The lowest BCUT2D eigenvalue weighted by molar-refractivity contribution is -0.134. The Labute approximate surface area is 56.7 Å². The standard InChI is InChI=1S/C2H4O2.C2H6OS.H2O/c1-2(3)4;1-4(2)3;/h1H3,(H,3,4);1-2H3;1H2. The zero-order chi connectivity index (χ0) is 7.15. The molecule has 0 radical (unpaired) electrons. The summed E-state index contributed by atoms with van der Waals surface area (Å²) < 4.78 is 9.56. The molecule has 0 aromatic heterocycles. The first kappa shape index (κ1) is 15.8. The smallest absolute Gasteiger partial charge is 0.300 e. The van der Waals surface area contributed by atoms with Crippen LogP contribution in [0, 0.1) is 0 Å². The molecule has 4 nitrogen and oxygen atoms in total. The van der Waals surface area contributed by atoms with E-state index in [1.54, 1.807) is 12.5 Å². The SMILES string of the molecule is CC(=O)O.CS(C)=O.O. The molecule has 0 bridgehead atoms. The Morgan fingerprint density at radius 1 is 1.44 bits per heavy atom. The Morgan fingerprint density at radius 2 is 1.44 bits per heavy atom. The van der Waals surface area contributed by atoms with Gasteiger partial charge >= 0.3 is 0 Å². The summed E-state index contributed by atoms with van der Waals surface area (Å²) in [7, 11) is -0.611. The molecule has 0 atom stereocenters. The van der Waals surface area contributed by atoms with Gasteiger partial charge in [0.15, 0.2) is 0 Å². The van der Waals surface area contributed by atoms with Crippen LogP contribution in [0.25, 0.3) is 0 Å². The summed E-state index contributed by atoms with van der Waals surface area (Å²) >= 11 is 0. The maximum absolute atomic E-state index is 9.56. The van der Waals surface area contributed by atoms with E-state index in [0.717, 1.165) is 6.92 Å². The molecule has 0 amide bonds. The predicted octanol–water partition coefficient (Wildman–Crippen LogP) is -0.739. The van der Waals surface area contributed by atoms with Crippen molar-refractivity contribution >= 4 is 16.8 Å². The van der Waals surface area contributed by atoms with Gasteiger partial charge in [-0.25, -0.2) is 0 Å². The van der Waals surface area contributed by atoms with Gasteiger partial charge in [-0.1, -0.05) is 0 Å². The summed E-state index contributed by atoms with van der Waals surface area (Å²) in [4.78, 5) is 9.00. The van der Waals surface area contributed by atoms with Gasteiger partial charge in [-0.3, -0.25) is 9.00 Å². The molecule has 0 saturated heterocycles. The van der Waals surface area contributed by atoms with Crippen LogP contribution in [0.3, 0.4) is 0 Å². The van der Waals surface area contributed by atoms with Crippen molar-refractivity contribution in [2.45, 2.75) is 6.92 Å². The second-order valence-electron chi connectivity index (χ2n) is 1.26. The second kappa shape index (κ2) is 10.5. The lowest BCUT2D eigenvalue weighted by Gasteiger charge is -1.60. The molecule has 9 heavy (non-hydrogen) atoms. The molecule has 0 aliphatic heterocycles. The number of aliphatic carboxylic acids is 1. The summed E-state index contributed by atoms with van der Waals surface area (Å²) in [5.41, 5.74) is 0. The average molecular weight is 156 g/mol. The van der Waals surface area contributed by atoms with Crippen LogP contribution in [-0.2, 0) is 15.6 Å². The number of hydrogen-bond donors (Lipinski definition) is 1. The van der Waals surface area contributed by atoms with E-state index in [1.807, 2.05) is 0 Å². The second-order valence-corrected chi connectivity index (χ2v) is 2.74. The van der Waals surface area contributed by atoms with Crippen molar-refractivity contribution in [3.63, 3.8) is 0 Å². The molecular weight excluding hydrogens is 144 g/mol. The van der Waals surface area contributed by atoms with E-state index >= 15 is 0 Å². The predicted molar refractivity (Wildman–Crippen MR) is 36.9 cm³/mol. The topological polar surface area (TPSA) is 85.9 Å². The number of carboxylic acid groups (broad SMARTS) is 1. The molecule has 0 aromatic rings. The van der Waals surface area contributed by atoms with Gasteiger partial charge in [0.05, 0.1) is 0 Å². The third kappa shape index (κ3) is 1340. The molecule has 0 rings (SSSR count). The summed E-state index contributed by atoms with van der Waals surface area (Å²) in [6.45, 7) is 1.08. The fraction of sp³-hybridized carbons (Fsp3) is 0.750. The van der Waals surface area contributed by atoms with Crippen LogP contribution in [0.4, 0.5) is 0 Å². The van der Waals surface area contributed by atoms with E-state index in [2.05, 4.69) is 0 Å². The Balaban J connectivity index is -0.0000000720. The van der Waals surface area contributed by atoms with Gasteiger partial charge in [0.2, 0.25) is 0 Å². The lowest BCUT2D eigenvalue weighted by Crippen LogP contribution is -1.78. The Bertz CT molecular complexity index is 70.6. The number of carbonyl (C=O) groups is 1. The highest BCUT2D eigenvalue weighted by Crippen LogP contribution is 1.47. The van der Waals surface area contributed by atoms with Gasteiger partial charge in [0, 0.05) is 30.2 Å². The minimum absolute atomic E-state index is 0. The fourth-order valence-electron chi connectivity index (χ4n) is 0. The van der Waals surface area contributed by atoms with Crippen molar-refractivity contribution in [2.24, 2.45) is 0 Å². The van der Waals surface area contributed by atoms with Crippen molar-refractivity contribution in [2.75, 3.05) is 12.5 Å². The van der Waals surface area contributed by atoms with Crippen LogP contribution < -0.4 is 0 Å². The molecule has 0 unspecified atom stereocenters. The van der Waals surface area contributed by atoms with Crippen molar-refractivity contribution in [3.05, 3.63) is 0 Å². The molecular formula is C4H12O4S. The Morgan fingerprint density at radius 3 is 1.44 bits per heavy atom. The van der Waals surface area contributed by atoms with Crippen LogP contribution >= 0.6 is 0 Å². The Hall–Kier alpha value is -0.420. The quantitative estimate of drug-likeness (QED) is 0.501. The molecule has 0 saturated carbocycles. The summed E-state index contributed by atoms with van der Waals surface area (Å²) in [5, 5.41) is 7.42. The minimum Gasteiger partial charge on any atom is -0.481 e. The average Bonchev–Trinajstić information content (AvgIpc) is 1.25. The molecule has 0 aliphatic carbocycles. The molecule has 0 heterocycles. The third-order valence-electron chi connectivity index (χ3n) is 0. The zero-order valence-corrected chi connectivity index (χ0v) is 6.49. The highest BCUT2D eigenvalue weighted by atomic mass is 32.2. The van der Waals surface area contributed by atoms with Crippen LogP contribution in [0.15, 0.2) is 0 Å². The first-order chi connectivity index (χ1) is 3.46. The normalized spacial score (nSPS) is 6.67. The van der Waals surface area contributed by atoms with Crippen LogP contribution in [-0.4, -0.2) is 33.3 Å². The molecule has 0 aliphatic rings. The van der Waals surface area contributed by atoms with Crippen LogP contribution in [0.1, 0.15) is 6.92 Å². The van der Waals surface area contributed by atoms with Gasteiger partial charge in [0.25, 0.3) is 5.97 Å². The minimum atomic E-state index is -0.833. The van der Waals surface area contributed by atoms with Crippen molar-refractivity contribution in [1.82, 2.24) is 0 Å². The summed E-state index contributed by atoms with van der Waals surface area (Å²) in [5.74, 6) is -0.833. The van der Waals surface area contributed by atoms with Crippen molar-refractivity contribution < 1.29 is 19.6 Å². The van der Waals surface area contributed by atoms with E-state index in [1.165, 1.54) is 0 Å². The van der Waals surface area contributed by atoms with E-state index in [9.17, 15) is 4.21 Å². The molecule has 0 aromatic carbocycles. The van der Waals surface area contributed by atoms with E-state index < -0.39 is 16.8 Å². The highest BCUT2D eigenvalue weighted by Gasteiger charge is 1.65. The summed E-state index contributed by atoms with van der Waals surface area (Å²) in [6.07, 6.45) is 3.28. The van der Waals surface area contributed by atoms with E-state index in [4.69, 9.17) is 9.90 Å². The largest absolute Gasteiger partial charge is 0.481 e. The first-order valence-corrected chi connectivity index (χ1v) is 3.88. The van der Waals surface area contributed by atoms with Gasteiger partial charge in [-0.2, -0.15) is 0 Å². The monoisotopic (exact) mass is 156 g/mol. The van der Waals surface area contributed by atoms with E-state index in [0.29, 0.717) is 0 Å². The van der Waals surface area contributed by atoms with E-state index in [-0.39, 0.29) is 5.48 Å². The van der Waals surface area contributed by atoms with Crippen LogP contribution in [0.2, 0.25) is 0 Å². The van der Waals surface area contributed by atoms with Crippen LogP contribution in [0.5, 0.6) is 0 Å². The Kier molecular flexibility index (Phi) is 18.5. The number of rotatable bonds is 0. The molecule has 0 spiro atoms. The molecule has 0 fully saturated rings. The highest BCUT2D eigenvalue weighted by molar-refractivity contribution is 7.83. The third-order valence-corrected chi connectivity index (χ3v) is 0. The summed E-state index contributed by atoms with van der Waals surface area (Å²) in [6, 6.07) is 0.